The van der Waals surface area contributed by atoms with Crippen LogP contribution in [0.2, 0.25) is 0 Å². The Hall–Kier alpha value is -0.120. The molecule has 0 aromatic carbocycles. The lowest BCUT2D eigenvalue weighted by atomic mass is 9.94. The zero-order valence-electron chi connectivity index (χ0n) is 11.2. The Balaban J connectivity index is 1.66. The molecule has 2 rings (SSSR count). The molecular weight excluding hydrogens is 212 g/mol. The van der Waals surface area contributed by atoms with Crippen molar-refractivity contribution in [3.63, 3.8) is 0 Å². The average molecular weight is 240 g/mol. The molecule has 100 valence electrons. The SMILES string of the molecule is CCCNC1COCC1CNC1CCCCC1. The maximum Gasteiger partial charge on any atom is 0.0623 e. The predicted octanol–water partition coefficient (Wildman–Crippen LogP) is 1.92. The summed E-state index contributed by atoms with van der Waals surface area (Å²) >= 11 is 0. The van der Waals surface area contributed by atoms with Gasteiger partial charge in [-0.2, -0.15) is 0 Å². The van der Waals surface area contributed by atoms with Crippen molar-refractivity contribution in [2.24, 2.45) is 5.92 Å². The Bertz CT molecular complexity index is 204. The number of hydrogen-bond acceptors (Lipinski definition) is 3. The lowest BCUT2D eigenvalue weighted by molar-refractivity contribution is 0.181. The van der Waals surface area contributed by atoms with Crippen LogP contribution in [0.3, 0.4) is 0 Å². The van der Waals surface area contributed by atoms with E-state index in [4.69, 9.17) is 4.74 Å². The molecule has 1 aliphatic carbocycles. The van der Waals surface area contributed by atoms with Crippen molar-refractivity contribution >= 4 is 0 Å². The summed E-state index contributed by atoms with van der Waals surface area (Å²) in [5.41, 5.74) is 0. The molecular formula is C14H28N2O. The van der Waals surface area contributed by atoms with Gasteiger partial charge >= 0.3 is 0 Å². The van der Waals surface area contributed by atoms with Crippen LogP contribution in [0, 0.1) is 5.92 Å². The van der Waals surface area contributed by atoms with Crippen molar-refractivity contribution in [1.82, 2.24) is 10.6 Å². The van der Waals surface area contributed by atoms with E-state index in [1.807, 2.05) is 0 Å². The standard InChI is InChI=1S/C14H28N2O/c1-2-8-15-14-11-17-10-12(14)9-16-13-6-4-3-5-7-13/h12-16H,2-11H2,1H3. The van der Waals surface area contributed by atoms with E-state index in [0.717, 1.165) is 32.3 Å². The highest BCUT2D eigenvalue weighted by Crippen LogP contribution is 2.19. The van der Waals surface area contributed by atoms with Crippen LogP contribution in [0.25, 0.3) is 0 Å². The Morgan fingerprint density at radius 3 is 2.65 bits per heavy atom. The smallest absolute Gasteiger partial charge is 0.0623 e. The fraction of sp³-hybridized carbons (Fsp3) is 1.00. The zero-order chi connectivity index (χ0) is 11.9. The number of rotatable bonds is 6. The first kappa shape index (κ1) is 13.3. The molecule has 1 heterocycles. The quantitative estimate of drug-likeness (QED) is 0.744. The molecule has 0 bridgehead atoms. The Labute approximate surface area is 106 Å². The van der Waals surface area contributed by atoms with E-state index < -0.39 is 0 Å². The van der Waals surface area contributed by atoms with Crippen LogP contribution in [0.4, 0.5) is 0 Å². The van der Waals surface area contributed by atoms with Crippen LogP contribution >= 0.6 is 0 Å². The van der Waals surface area contributed by atoms with Gasteiger partial charge in [0.1, 0.15) is 0 Å². The molecule has 1 saturated heterocycles. The number of hydrogen-bond donors (Lipinski definition) is 2. The minimum Gasteiger partial charge on any atom is -0.379 e. The highest BCUT2D eigenvalue weighted by atomic mass is 16.5. The molecule has 2 unspecified atom stereocenters. The largest absolute Gasteiger partial charge is 0.379 e. The van der Waals surface area contributed by atoms with E-state index in [-0.39, 0.29) is 0 Å². The minimum atomic E-state index is 0.575. The van der Waals surface area contributed by atoms with Gasteiger partial charge in [0.05, 0.1) is 13.2 Å². The van der Waals surface area contributed by atoms with Gasteiger partial charge in [-0.05, 0) is 25.8 Å². The van der Waals surface area contributed by atoms with E-state index in [2.05, 4.69) is 17.6 Å². The first-order chi connectivity index (χ1) is 8.40. The van der Waals surface area contributed by atoms with E-state index in [9.17, 15) is 0 Å². The number of nitrogens with one attached hydrogen (secondary N) is 2. The maximum absolute atomic E-state index is 5.60. The van der Waals surface area contributed by atoms with Gasteiger partial charge in [0.15, 0.2) is 0 Å². The van der Waals surface area contributed by atoms with Crippen LogP contribution in [0.15, 0.2) is 0 Å². The van der Waals surface area contributed by atoms with E-state index in [1.165, 1.54) is 38.5 Å². The van der Waals surface area contributed by atoms with Gasteiger partial charge in [-0.3, -0.25) is 0 Å². The molecule has 3 heteroatoms. The molecule has 2 aliphatic rings. The lowest BCUT2D eigenvalue weighted by Crippen LogP contribution is -2.43. The molecule has 2 fully saturated rings. The topological polar surface area (TPSA) is 33.3 Å². The summed E-state index contributed by atoms with van der Waals surface area (Å²) in [5.74, 6) is 0.670. The minimum absolute atomic E-state index is 0.575. The maximum atomic E-state index is 5.60. The second kappa shape index (κ2) is 7.34. The van der Waals surface area contributed by atoms with Gasteiger partial charge in [0.2, 0.25) is 0 Å². The first-order valence-corrected chi connectivity index (χ1v) is 7.44. The third-order valence-electron chi connectivity index (χ3n) is 4.13. The summed E-state index contributed by atoms with van der Waals surface area (Å²) in [5, 5.41) is 7.35. The summed E-state index contributed by atoms with van der Waals surface area (Å²) in [6.07, 6.45) is 8.22. The molecule has 0 radical (unpaired) electrons. The first-order valence-electron chi connectivity index (χ1n) is 7.44. The van der Waals surface area contributed by atoms with Gasteiger partial charge in [-0.1, -0.05) is 26.2 Å². The van der Waals surface area contributed by atoms with Gasteiger partial charge in [-0.15, -0.1) is 0 Å². The third kappa shape index (κ3) is 4.23. The van der Waals surface area contributed by atoms with Crippen LogP contribution in [-0.2, 0) is 4.74 Å². The van der Waals surface area contributed by atoms with Gasteiger partial charge in [0, 0.05) is 24.5 Å². The van der Waals surface area contributed by atoms with Crippen molar-refractivity contribution in [3.05, 3.63) is 0 Å². The van der Waals surface area contributed by atoms with Gasteiger partial charge < -0.3 is 15.4 Å². The van der Waals surface area contributed by atoms with E-state index in [1.54, 1.807) is 0 Å². The zero-order valence-corrected chi connectivity index (χ0v) is 11.2. The summed E-state index contributed by atoms with van der Waals surface area (Å²) in [4.78, 5) is 0. The molecule has 1 saturated carbocycles. The van der Waals surface area contributed by atoms with E-state index >= 15 is 0 Å². The summed E-state index contributed by atoms with van der Waals surface area (Å²) < 4.78 is 5.60. The van der Waals surface area contributed by atoms with E-state index in [0.29, 0.717) is 12.0 Å². The molecule has 2 N–H and O–H groups in total. The monoisotopic (exact) mass is 240 g/mol. The van der Waals surface area contributed by atoms with Crippen molar-refractivity contribution in [2.75, 3.05) is 26.3 Å². The Morgan fingerprint density at radius 1 is 1.06 bits per heavy atom. The van der Waals surface area contributed by atoms with Crippen LogP contribution < -0.4 is 10.6 Å². The molecule has 0 aromatic heterocycles. The molecule has 0 spiro atoms. The Kier molecular flexibility index (Phi) is 5.75. The van der Waals surface area contributed by atoms with Gasteiger partial charge in [-0.25, -0.2) is 0 Å². The van der Waals surface area contributed by atoms with Gasteiger partial charge in [0.25, 0.3) is 0 Å². The molecule has 3 nitrogen and oxygen atoms in total. The van der Waals surface area contributed by atoms with Crippen molar-refractivity contribution in [2.45, 2.75) is 57.5 Å². The second-order valence-corrected chi connectivity index (χ2v) is 5.60. The highest BCUT2D eigenvalue weighted by molar-refractivity contribution is 4.84. The summed E-state index contributed by atoms with van der Waals surface area (Å²) in [7, 11) is 0. The number of ether oxygens (including phenoxy) is 1. The molecule has 1 aliphatic heterocycles. The van der Waals surface area contributed by atoms with Crippen molar-refractivity contribution < 1.29 is 4.74 Å². The molecule has 17 heavy (non-hydrogen) atoms. The van der Waals surface area contributed by atoms with Crippen LogP contribution in [-0.4, -0.2) is 38.4 Å². The molecule has 0 aromatic rings. The summed E-state index contributed by atoms with van der Waals surface area (Å²) in [6.45, 7) is 6.30. The van der Waals surface area contributed by atoms with Crippen molar-refractivity contribution in [1.29, 1.82) is 0 Å². The van der Waals surface area contributed by atoms with Crippen molar-refractivity contribution in [3.8, 4) is 0 Å². The second-order valence-electron chi connectivity index (χ2n) is 5.60. The molecule has 2 atom stereocenters. The third-order valence-corrected chi connectivity index (χ3v) is 4.13. The normalized spacial score (nSPS) is 30.9. The predicted molar refractivity (Wildman–Crippen MR) is 71.3 cm³/mol. The van der Waals surface area contributed by atoms with Crippen LogP contribution in [0.1, 0.15) is 45.4 Å². The molecule has 0 amide bonds. The lowest BCUT2D eigenvalue weighted by Gasteiger charge is -2.26. The Morgan fingerprint density at radius 2 is 1.88 bits per heavy atom. The van der Waals surface area contributed by atoms with Crippen LogP contribution in [0.5, 0.6) is 0 Å². The summed E-state index contributed by atoms with van der Waals surface area (Å²) in [6, 6.07) is 1.35. The average Bonchev–Trinajstić information content (AvgIpc) is 2.82. The fourth-order valence-corrected chi connectivity index (χ4v) is 2.98. The highest BCUT2D eigenvalue weighted by Gasteiger charge is 2.28. The fourth-order valence-electron chi connectivity index (χ4n) is 2.98.